The number of para-hydroxylation sites is 1. The van der Waals surface area contributed by atoms with Gasteiger partial charge in [-0.15, -0.1) is 0 Å². The highest BCUT2D eigenvalue weighted by atomic mass is 19.4. The van der Waals surface area contributed by atoms with Crippen molar-refractivity contribution in [1.82, 2.24) is 14.2 Å². The number of halogens is 3. The molecule has 38 heavy (non-hydrogen) atoms. The van der Waals surface area contributed by atoms with Gasteiger partial charge in [-0.1, -0.05) is 30.3 Å². The molecule has 0 N–H and O–H groups in total. The van der Waals surface area contributed by atoms with Crippen LogP contribution in [0.5, 0.6) is 5.75 Å². The number of fused-ring (bicyclic) bond motifs is 1. The average Bonchev–Trinajstić information content (AvgIpc) is 3.20. The predicted octanol–water partition coefficient (Wildman–Crippen LogP) is 6.38. The molecule has 0 amide bonds. The molecular weight excluding hydrogens is 493 g/mol. The Balaban J connectivity index is 1.66. The van der Waals surface area contributed by atoms with E-state index in [-0.39, 0.29) is 11.4 Å². The summed E-state index contributed by atoms with van der Waals surface area (Å²) in [5, 5.41) is 4.74. The Morgan fingerprint density at radius 1 is 0.947 bits per heavy atom. The highest BCUT2D eigenvalue weighted by Crippen LogP contribution is 2.32. The predicted molar refractivity (Wildman–Crippen MR) is 141 cm³/mol. The monoisotopic (exact) mass is 516 g/mol. The summed E-state index contributed by atoms with van der Waals surface area (Å²) in [6, 6.07) is 20.9. The van der Waals surface area contributed by atoms with Gasteiger partial charge in [-0.25, -0.2) is 4.98 Å². The number of rotatable bonds is 5. The number of nitrogens with zero attached hydrogens (tertiary/aromatic N) is 4. The van der Waals surface area contributed by atoms with Crippen molar-refractivity contribution in [2.24, 2.45) is 5.10 Å². The fraction of sp³-hybridized carbons (Fsp3) is 0.138. The second kappa shape index (κ2) is 9.66. The molecule has 0 spiro atoms. The summed E-state index contributed by atoms with van der Waals surface area (Å²) in [7, 11) is 1.60. The van der Waals surface area contributed by atoms with E-state index in [9.17, 15) is 18.0 Å². The Morgan fingerprint density at radius 3 is 2.47 bits per heavy atom. The number of ether oxygens (including phenoxy) is 1. The molecule has 2 heterocycles. The van der Waals surface area contributed by atoms with Gasteiger partial charge in [-0.2, -0.15) is 22.9 Å². The second-order valence-electron chi connectivity index (χ2n) is 8.76. The van der Waals surface area contributed by atoms with Gasteiger partial charge in [-0.3, -0.25) is 4.79 Å². The maximum atomic E-state index is 13.4. The summed E-state index contributed by atoms with van der Waals surface area (Å²) in [4.78, 5) is 18.0. The zero-order chi connectivity index (χ0) is 27.0. The lowest BCUT2D eigenvalue weighted by atomic mass is 10.1. The van der Waals surface area contributed by atoms with E-state index < -0.39 is 17.3 Å². The van der Waals surface area contributed by atoms with Crippen LogP contribution >= 0.6 is 0 Å². The first-order valence-corrected chi connectivity index (χ1v) is 11.7. The number of benzene rings is 3. The standard InChI is InChI=1S/C29H23F3N4O2/c1-18-14-21(19(2)35(18)23-10-7-11-24(16-23)38-3)17-33-36-27(20-8-6-9-22(15-20)29(30,31)32)34-26-13-5-4-12-25(26)28(36)37/h4-17H,1-3H3. The Kier molecular flexibility index (Phi) is 6.36. The van der Waals surface area contributed by atoms with Gasteiger partial charge < -0.3 is 9.30 Å². The van der Waals surface area contributed by atoms with Crippen LogP contribution in [0.3, 0.4) is 0 Å². The van der Waals surface area contributed by atoms with Crippen molar-refractivity contribution < 1.29 is 17.9 Å². The van der Waals surface area contributed by atoms with Crippen molar-refractivity contribution in [2.45, 2.75) is 20.0 Å². The molecule has 5 rings (SSSR count). The average molecular weight is 517 g/mol. The zero-order valence-electron chi connectivity index (χ0n) is 20.8. The molecule has 3 aromatic carbocycles. The van der Waals surface area contributed by atoms with Crippen molar-refractivity contribution in [3.05, 3.63) is 112 Å². The molecule has 0 bridgehead atoms. The summed E-state index contributed by atoms with van der Waals surface area (Å²) < 4.78 is 48.7. The molecule has 0 radical (unpaired) electrons. The molecule has 0 saturated carbocycles. The van der Waals surface area contributed by atoms with E-state index in [2.05, 4.69) is 10.1 Å². The van der Waals surface area contributed by atoms with Crippen LogP contribution in [0.1, 0.15) is 22.5 Å². The first-order chi connectivity index (χ1) is 18.2. The molecular formula is C29H23F3N4O2. The van der Waals surface area contributed by atoms with Gasteiger partial charge in [0.2, 0.25) is 0 Å². The topological polar surface area (TPSA) is 61.4 Å². The summed E-state index contributed by atoms with van der Waals surface area (Å²) in [6.45, 7) is 3.87. The maximum absolute atomic E-state index is 13.4. The molecule has 0 fully saturated rings. The number of hydrogen-bond donors (Lipinski definition) is 0. The fourth-order valence-corrected chi connectivity index (χ4v) is 4.44. The van der Waals surface area contributed by atoms with E-state index >= 15 is 0 Å². The van der Waals surface area contributed by atoms with Gasteiger partial charge in [0.15, 0.2) is 5.82 Å². The number of alkyl halides is 3. The quantitative estimate of drug-likeness (QED) is 0.255. The van der Waals surface area contributed by atoms with Gasteiger partial charge in [0, 0.05) is 34.3 Å². The maximum Gasteiger partial charge on any atom is 0.416 e. The molecule has 0 unspecified atom stereocenters. The van der Waals surface area contributed by atoms with Gasteiger partial charge in [0.25, 0.3) is 5.56 Å². The van der Waals surface area contributed by atoms with Gasteiger partial charge in [0.05, 0.1) is 29.8 Å². The van der Waals surface area contributed by atoms with Gasteiger partial charge >= 0.3 is 6.18 Å². The minimum absolute atomic E-state index is 0.0117. The number of aromatic nitrogens is 3. The summed E-state index contributed by atoms with van der Waals surface area (Å²) in [5.41, 5.74) is 2.60. The summed E-state index contributed by atoms with van der Waals surface area (Å²) in [6.07, 6.45) is -3.02. The normalized spacial score (nSPS) is 11.9. The minimum atomic E-state index is -4.54. The van der Waals surface area contributed by atoms with Gasteiger partial charge in [-0.05, 0) is 56.3 Å². The molecule has 0 aliphatic heterocycles. The zero-order valence-corrected chi connectivity index (χ0v) is 20.8. The van der Waals surface area contributed by atoms with Crippen molar-refractivity contribution in [3.8, 4) is 22.8 Å². The van der Waals surface area contributed by atoms with Crippen LogP contribution in [0.15, 0.2) is 88.8 Å². The Hall–Kier alpha value is -4.66. The summed E-state index contributed by atoms with van der Waals surface area (Å²) in [5.74, 6) is 0.724. The van der Waals surface area contributed by atoms with Crippen LogP contribution in [0.2, 0.25) is 0 Å². The molecule has 0 saturated heterocycles. The van der Waals surface area contributed by atoms with Crippen molar-refractivity contribution in [3.63, 3.8) is 0 Å². The van der Waals surface area contributed by atoms with Crippen LogP contribution in [0, 0.1) is 13.8 Å². The second-order valence-corrected chi connectivity index (χ2v) is 8.76. The number of methoxy groups -OCH3 is 1. The lowest BCUT2D eigenvalue weighted by Crippen LogP contribution is -2.20. The lowest BCUT2D eigenvalue weighted by Gasteiger charge is -2.12. The van der Waals surface area contributed by atoms with Crippen LogP contribution in [-0.2, 0) is 6.18 Å². The highest BCUT2D eigenvalue weighted by Gasteiger charge is 2.31. The van der Waals surface area contributed by atoms with E-state index in [1.807, 2.05) is 48.7 Å². The highest BCUT2D eigenvalue weighted by molar-refractivity contribution is 5.83. The molecule has 0 aliphatic rings. The number of hydrogen-bond acceptors (Lipinski definition) is 4. The molecule has 5 aromatic rings. The van der Waals surface area contributed by atoms with Crippen molar-refractivity contribution in [1.29, 1.82) is 0 Å². The largest absolute Gasteiger partial charge is 0.497 e. The third-order valence-electron chi connectivity index (χ3n) is 6.30. The molecule has 192 valence electrons. The van der Waals surface area contributed by atoms with Crippen LogP contribution in [0.4, 0.5) is 13.2 Å². The molecule has 6 nitrogen and oxygen atoms in total. The van der Waals surface area contributed by atoms with Gasteiger partial charge in [0.1, 0.15) is 5.75 Å². The molecule has 9 heteroatoms. The van der Waals surface area contributed by atoms with E-state index in [1.165, 1.54) is 18.3 Å². The van der Waals surface area contributed by atoms with Crippen LogP contribution in [-0.4, -0.2) is 27.6 Å². The van der Waals surface area contributed by atoms with E-state index in [0.29, 0.717) is 16.7 Å². The molecule has 0 aliphatic carbocycles. The third kappa shape index (κ3) is 4.58. The lowest BCUT2D eigenvalue weighted by molar-refractivity contribution is -0.137. The molecule has 0 atom stereocenters. The fourth-order valence-electron chi connectivity index (χ4n) is 4.44. The Morgan fingerprint density at radius 2 is 1.71 bits per heavy atom. The van der Waals surface area contributed by atoms with Crippen molar-refractivity contribution >= 4 is 17.1 Å². The first-order valence-electron chi connectivity index (χ1n) is 11.7. The van der Waals surface area contributed by atoms with Crippen molar-refractivity contribution in [2.75, 3.05) is 7.11 Å². The molecule has 2 aromatic heterocycles. The first kappa shape index (κ1) is 25.0. The smallest absolute Gasteiger partial charge is 0.416 e. The van der Waals surface area contributed by atoms with E-state index in [1.54, 1.807) is 31.4 Å². The Labute approximate surface area is 216 Å². The summed E-state index contributed by atoms with van der Waals surface area (Å²) >= 11 is 0. The number of aryl methyl sites for hydroxylation is 1. The van der Waals surface area contributed by atoms with Crippen LogP contribution in [0.25, 0.3) is 28.0 Å². The van der Waals surface area contributed by atoms with E-state index in [0.717, 1.165) is 39.4 Å². The SMILES string of the molecule is COc1cccc(-n2c(C)cc(C=Nn3c(-c4cccc(C(F)(F)F)c4)nc4ccccc4c3=O)c2C)c1. The minimum Gasteiger partial charge on any atom is -0.497 e. The van der Waals surface area contributed by atoms with Crippen LogP contribution < -0.4 is 10.3 Å². The Bertz CT molecular complexity index is 1750. The van der Waals surface area contributed by atoms with E-state index in [4.69, 9.17) is 4.74 Å². The third-order valence-corrected chi connectivity index (χ3v) is 6.30.